The molecule has 1 amide bonds. The summed E-state index contributed by atoms with van der Waals surface area (Å²) in [5, 5.41) is 12.3. The number of carbonyl (C=O) groups excluding carboxylic acids is 1. The summed E-state index contributed by atoms with van der Waals surface area (Å²) in [7, 11) is -3.98. The lowest BCUT2D eigenvalue weighted by Gasteiger charge is -2.35. The van der Waals surface area contributed by atoms with Gasteiger partial charge in [-0.25, -0.2) is 18.0 Å². The molecule has 12 heteroatoms. The number of benzene rings is 4. The lowest BCUT2D eigenvalue weighted by Crippen LogP contribution is -2.51. The Bertz CT molecular complexity index is 2110. The van der Waals surface area contributed by atoms with Gasteiger partial charge in [0, 0.05) is 53.6 Å². The zero-order valence-corrected chi connectivity index (χ0v) is 28.5. The largest absolute Gasteiger partial charge is 0.512 e. The van der Waals surface area contributed by atoms with Crippen LogP contribution in [0.5, 0.6) is 11.6 Å². The highest BCUT2D eigenvalue weighted by Gasteiger charge is 2.33. The summed E-state index contributed by atoms with van der Waals surface area (Å²) in [6.45, 7) is 6.38. The number of fused-ring (bicyclic) bond motifs is 2. The molecule has 2 N–H and O–H groups in total. The molecular weight excluding hydrogens is 646 g/mol. The number of carboxylic acid groups (broad SMARTS) is 1. The maximum atomic E-state index is 14.1. The number of amides is 1. The molecule has 0 radical (unpaired) electrons. The fourth-order valence-electron chi connectivity index (χ4n) is 6.14. The Morgan fingerprint density at radius 2 is 1.49 bits per heavy atom. The standard InChI is InChI=1S/C37H39N3O8S/c1-37(2,3)48-35(41)39-20-22-40(23-21-39)49(44,45)32-19-7-6-14-27(32)28-15-9-16-29-30(34(38-33(28)29)47-36(42)43)17-10-24-46-31-18-8-12-25-11-4-5-13-26(25)31/h4-9,11-16,18-19,38H,10,17,20-24H2,1-3H3,(H,42,43). The highest BCUT2D eigenvalue weighted by molar-refractivity contribution is 7.89. The highest BCUT2D eigenvalue weighted by Crippen LogP contribution is 2.39. The smallest absolute Gasteiger partial charge is 0.493 e. The minimum atomic E-state index is -3.98. The van der Waals surface area contributed by atoms with E-state index >= 15 is 0 Å². The van der Waals surface area contributed by atoms with Crippen LogP contribution in [0.25, 0.3) is 32.8 Å². The zero-order chi connectivity index (χ0) is 34.8. The maximum absolute atomic E-state index is 14.1. The number of hydrogen-bond acceptors (Lipinski definition) is 7. The van der Waals surface area contributed by atoms with Crippen molar-refractivity contribution in [2.45, 2.75) is 44.1 Å². The van der Waals surface area contributed by atoms with E-state index in [2.05, 4.69) is 4.98 Å². The normalized spacial score (nSPS) is 14.2. The molecule has 0 unspecified atom stereocenters. The number of rotatable bonds is 9. The van der Waals surface area contributed by atoms with Gasteiger partial charge in [0.2, 0.25) is 15.9 Å². The van der Waals surface area contributed by atoms with E-state index in [1.54, 1.807) is 51.1 Å². The second-order valence-corrected chi connectivity index (χ2v) is 14.7. The first-order chi connectivity index (χ1) is 23.4. The van der Waals surface area contributed by atoms with E-state index in [4.69, 9.17) is 14.2 Å². The first-order valence-electron chi connectivity index (χ1n) is 16.1. The van der Waals surface area contributed by atoms with Crippen LogP contribution in [0, 0.1) is 0 Å². The fourth-order valence-corrected chi connectivity index (χ4v) is 7.77. The van der Waals surface area contributed by atoms with Gasteiger partial charge in [-0.15, -0.1) is 0 Å². The van der Waals surface area contributed by atoms with E-state index in [1.807, 2.05) is 54.6 Å². The van der Waals surface area contributed by atoms with Crippen molar-refractivity contribution < 1.29 is 37.3 Å². The van der Waals surface area contributed by atoms with E-state index < -0.39 is 27.9 Å². The van der Waals surface area contributed by atoms with Crippen molar-refractivity contribution in [2.75, 3.05) is 32.8 Å². The molecule has 1 aliphatic heterocycles. The summed E-state index contributed by atoms with van der Waals surface area (Å²) < 4.78 is 46.3. The predicted octanol–water partition coefficient (Wildman–Crippen LogP) is 7.30. The molecule has 0 atom stereocenters. The van der Waals surface area contributed by atoms with E-state index in [0.717, 1.165) is 21.9 Å². The van der Waals surface area contributed by atoms with Gasteiger partial charge in [0.1, 0.15) is 11.4 Å². The minimum Gasteiger partial charge on any atom is -0.493 e. The van der Waals surface area contributed by atoms with Crippen LogP contribution in [0.2, 0.25) is 0 Å². The number of piperazine rings is 1. The molecule has 0 saturated carbocycles. The van der Waals surface area contributed by atoms with Gasteiger partial charge in [-0.1, -0.05) is 72.8 Å². The molecule has 4 aromatic carbocycles. The highest BCUT2D eigenvalue weighted by atomic mass is 32.2. The molecule has 256 valence electrons. The third kappa shape index (κ3) is 7.35. The second-order valence-electron chi connectivity index (χ2n) is 12.8. The summed E-state index contributed by atoms with van der Waals surface area (Å²) in [4.78, 5) is 29.0. The van der Waals surface area contributed by atoms with Crippen molar-refractivity contribution in [3.8, 4) is 22.8 Å². The van der Waals surface area contributed by atoms with E-state index in [9.17, 15) is 23.1 Å². The molecule has 1 aliphatic rings. The predicted molar refractivity (Wildman–Crippen MR) is 187 cm³/mol. The van der Waals surface area contributed by atoms with Crippen LogP contribution in [0.1, 0.15) is 32.8 Å². The molecule has 0 spiro atoms. The van der Waals surface area contributed by atoms with Gasteiger partial charge in [0.25, 0.3) is 0 Å². The number of ether oxygens (including phenoxy) is 3. The first kappa shape index (κ1) is 33.8. The Morgan fingerprint density at radius 3 is 2.24 bits per heavy atom. The Kier molecular flexibility index (Phi) is 9.53. The Morgan fingerprint density at radius 1 is 0.837 bits per heavy atom. The Labute approximate surface area is 285 Å². The molecule has 11 nitrogen and oxygen atoms in total. The Balaban J connectivity index is 1.26. The molecule has 1 aromatic heterocycles. The SMILES string of the molecule is CC(C)(C)OC(=O)N1CCN(S(=O)(=O)c2ccccc2-c2cccc3c(CCCOc4cccc5ccccc45)c(OC(=O)O)[nH]c23)CC1. The average Bonchev–Trinajstić information content (AvgIpc) is 3.42. The maximum Gasteiger partial charge on any atom is 0.512 e. The van der Waals surface area contributed by atoms with Gasteiger partial charge in [-0.05, 0) is 51.1 Å². The fraction of sp³-hybridized carbons (Fsp3) is 0.297. The quantitative estimate of drug-likeness (QED) is 0.122. The van der Waals surface area contributed by atoms with Crippen molar-refractivity contribution in [3.05, 3.63) is 90.5 Å². The number of aryl methyl sites for hydroxylation is 1. The van der Waals surface area contributed by atoms with Crippen molar-refractivity contribution >= 4 is 43.9 Å². The van der Waals surface area contributed by atoms with E-state index in [1.165, 1.54) is 9.21 Å². The van der Waals surface area contributed by atoms with Gasteiger partial charge < -0.3 is 29.2 Å². The molecule has 1 fully saturated rings. The Hall–Kier alpha value is -5.07. The van der Waals surface area contributed by atoms with Crippen molar-refractivity contribution in [1.82, 2.24) is 14.2 Å². The summed E-state index contributed by atoms with van der Waals surface area (Å²) in [5.74, 6) is 0.851. The number of nitrogens with one attached hydrogen (secondary N) is 1. The molecular formula is C37H39N3O8S. The van der Waals surface area contributed by atoms with Gasteiger partial charge in [-0.3, -0.25) is 0 Å². The average molecular weight is 686 g/mol. The molecule has 5 aromatic rings. The lowest BCUT2D eigenvalue weighted by molar-refractivity contribution is 0.0192. The number of carbonyl (C=O) groups is 2. The van der Waals surface area contributed by atoms with Crippen LogP contribution in [0.3, 0.4) is 0 Å². The molecule has 2 heterocycles. The summed E-state index contributed by atoms with van der Waals surface area (Å²) in [5.41, 5.74) is 1.59. The van der Waals surface area contributed by atoms with Crippen LogP contribution in [0.15, 0.2) is 89.8 Å². The number of nitrogens with zero attached hydrogens (tertiary/aromatic N) is 2. The van der Waals surface area contributed by atoms with E-state index in [0.29, 0.717) is 41.7 Å². The molecule has 0 aliphatic carbocycles. The second kappa shape index (κ2) is 13.8. The van der Waals surface area contributed by atoms with Gasteiger partial charge in [-0.2, -0.15) is 4.31 Å². The molecule has 6 rings (SSSR count). The van der Waals surface area contributed by atoms with Crippen LogP contribution < -0.4 is 9.47 Å². The molecule has 1 saturated heterocycles. The van der Waals surface area contributed by atoms with Crippen LogP contribution in [0.4, 0.5) is 9.59 Å². The monoisotopic (exact) mass is 685 g/mol. The number of para-hydroxylation sites is 1. The van der Waals surface area contributed by atoms with Gasteiger partial charge >= 0.3 is 12.2 Å². The molecule has 0 bridgehead atoms. The summed E-state index contributed by atoms with van der Waals surface area (Å²) in [6, 6.07) is 26.1. The minimum absolute atomic E-state index is 0.0821. The lowest BCUT2D eigenvalue weighted by atomic mass is 10.0. The van der Waals surface area contributed by atoms with E-state index in [-0.39, 0.29) is 37.0 Å². The number of sulfonamides is 1. The zero-order valence-electron chi connectivity index (χ0n) is 27.6. The van der Waals surface area contributed by atoms with Gasteiger partial charge in [0.15, 0.2) is 0 Å². The van der Waals surface area contributed by atoms with Crippen molar-refractivity contribution in [2.24, 2.45) is 0 Å². The number of aromatic amines is 1. The van der Waals surface area contributed by atoms with Gasteiger partial charge in [0.05, 0.1) is 17.0 Å². The summed E-state index contributed by atoms with van der Waals surface area (Å²) in [6.07, 6.45) is -0.927. The third-order valence-electron chi connectivity index (χ3n) is 8.36. The topological polar surface area (TPSA) is 138 Å². The van der Waals surface area contributed by atoms with Crippen LogP contribution in [-0.2, 0) is 21.2 Å². The third-order valence-corrected chi connectivity index (χ3v) is 10.3. The first-order valence-corrected chi connectivity index (χ1v) is 17.6. The molecule has 49 heavy (non-hydrogen) atoms. The number of hydrogen-bond donors (Lipinski definition) is 2. The van der Waals surface area contributed by atoms with Crippen molar-refractivity contribution in [1.29, 1.82) is 0 Å². The number of aromatic nitrogens is 1. The number of H-pyrrole nitrogens is 1. The van der Waals surface area contributed by atoms with Crippen LogP contribution in [-0.4, -0.2) is 78.3 Å². The van der Waals surface area contributed by atoms with Crippen molar-refractivity contribution in [3.63, 3.8) is 0 Å². The van der Waals surface area contributed by atoms with Crippen LogP contribution >= 0.6 is 0 Å². The summed E-state index contributed by atoms with van der Waals surface area (Å²) >= 11 is 0.